The molecule has 1 heterocycles. The summed E-state index contributed by atoms with van der Waals surface area (Å²) < 4.78 is 47.0. The standard InChI is InChI=1S/C18H23F3N4O2S/c1-12-24-14(10-28-12)9-25(3)17(22-2)23-8-13-5-6-15(16(7-13)26-4)27-11-18(19,20)21/h5-7,10H,8-9,11H2,1-4H3,(H,22,23). The van der Waals surface area contributed by atoms with Gasteiger partial charge < -0.3 is 19.7 Å². The van der Waals surface area contributed by atoms with Gasteiger partial charge in [0, 0.05) is 26.0 Å². The van der Waals surface area contributed by atoms with Crippen LogP contribution in [0.4, 0.5) is 13.2 Å². The number of alkyl halides is 3. The highest BCUT2D eigenvalue weighted by Crippen LogP contribution is 2.29. The SMILES string of the molecule is CN=C(NCc1ccc(OCC(F)(F)F)c(OC)c1)N(C)Cc1csc(C)n1. The Balaban J connectivity index is 1.98. The van der Waals surface area contributed by atoms with Crippen molar-refractivity contribution in [2.45, 2.75) is 26.2 Å². The number of aromatic nitrogens is 1. The summed E-state index contributed by atoms with van der Waals surface area (Å²) in [5.41, 5.74) is 1.77. The van der Waals surface area contributed by atoms with E-state index in [0.29, 0.717) is 19.0 Å². The molecule has 0 amide bonds. The minimum atomic E-state index is -4.40. The van der Waals surface area contributed by atoms with Crippen molar-refractivity contribution in [3.05, 3.63) is 39.8 Å². The average molecular weight is 416 g/mol. The van der Waals surface area contributed by atoms with Crippen molar-refractivity contribution in [1.82, 2.24) is 15.2 Å². The van der Waals surface area contributed by atoms with Crippen LogP contribution < -0.4 is 14.8 Å². The fraction of sp³-hybridized carbons (Fsp3) is 0.444. The van der Waals surface area contributed by atoms with Gasteiger partial charge in [0.15, 0.2) is 24.1 Å². The van der Waals surface area contributed by atoms with E-state index in [9.17, 15) is 13.2 Å². The van der Waals surface area contributed by atoms with E-state index in [1.54, 1.807) is 30.5 Å². The Hall–Kier alpha value is -2.49. The number of ether oxygens (including phenoxy) is 2. The van der Waals surface area contributed by atoms with Gasteiger partial charge in [-0.2, -0.15) is 13.2 Å². The van der Waals surface area contributed by atoms with E-state index >= 15 is 0 Å². The van der Waals surface area contributed by atoms with E-state index < -0.39 is 12.8 Å². The molecule has 154 valence electrons. The first kappa shape index (κ1) is 21.8. The van der Waals surface area contributed by atoms with E-state index in [4.69, 9.17) is 9.47 Å². The zero-order valence-corrected chi connectivity index (χ0v) is 16.9. The molecule has 1 N–H and O–H groups in total. The molecule has 0 fully saturated rings. The van der Waals surface area contributed by atoms with Crippen LogP contribution in [-0.4, -0.2) is 49.8 Å². The molecule has 2 rings (SSSR count). The van der Waals surface area contributed by atoms with Crippen molar-refractivity contribution in [3.8, 4) is 11.5 Å². The molecule has 2 aromatic rings. The number of halogens is 3. The summed E-state index contributed by atoms with van der Waals surface area (Å²) in [6.07, 6.45) is -4.40. The van der Waals surface area contributed by atoms with Crippen LogP contribution in [0.3, 0.4) is 0 Å². The van der Waals surface area contributed by atoms with Gasteiger partial charge in [0.25, 0.3) is 0 Å². The number of hydrogen-bond donors (Lipinski definition) is 1. The monoisotopic (exact) mass is 416 g/mol. The number of aliphatic imine (C=N–C) groups is 1. The van der Waals surface area contributed by atoms with E-state index in [0.717, 1.165) is 16.3 Å². The molecular weight excluding hydrogens is 393 g/mol. The normalized spacial score (nSPS) is 12.0. The molecule has 0 unspecified atom stereocenters. The van der Waals surface area contributed by atoms with Gasteiger partial charge in [-0.05, 0) is 24.6 Å². The van der Waals surface area contributed by atoms with Crippen molar-refractivity contribution in [3.63, 3.8) is 0 Å². The zero-order valence-electron chi connectivity index (χ0n) is 16.1. The minimum Gasteiger partial charge on any atom is -0.493 e. The fourth-order valence-electron chi connectivity index (χ4n) is 2.47. The van der Waals surface area contributed by atoms with Crippen LogP contribution >= 0.6 is 11.3 Å². The first-order valence-electron chi connectivity index (χ1n) is 8.41. The van der Waals surface area contributed by atoms with Gasteiger partial charge in [0.05, 0.1) is 24.4 Å². The Morgan fingerprint density at radius 1 is 1.32 bits per heavy atom. The fourth-order valence-corrected chi connectivity index (χ4v) is 3.07. The summed E-state index contributed by atoms with van der Waals surface area (Å²) in [4.78, 5) is 10.6. The van der Waals surface area contributed by atoms with Gasteiger partial charge in [-0.1, -0.05) is 6.07 Å². The minimum absolute atomic E-state index is 0.0453. The lowest BCUT2D eigenvalue weighted by molar-refractivity contribution is -0.153. The van der Waals surface area contributed by atoms with Crippen molar-refractivity contribution >= 4 is 17.3 Å². The maximum absolute atomic E-state index is 12.3. The molecule has 0 radical (unpaired) electrons. The molecule has 28 heavy (non-hydrogen) atoms. The molecule has 0 aliphatic carbocycles. The van der Waals surface area contributed by atoms with Crippen LogP contribution in [0.15, 0.2) is 28.6 Å². The van der Waals surface area contributed by atoms with Crippen LogP contribution in [0.5, 0.6) is 11.5 Å². The molecule has 0 saturated carbocycles. The quantitative estimate of drug-likeness (QED) is 0.552. The molecule has 0 aliphatic heterocycles. The number of nitrogens with one attached hydrogen (secondary N) is 1. The first-order valence-corrected chi connectivity index (χ1v) is 9.29. The Morgan fingerprint density at radius 3 is 2.64 bits per heavy atom. The third kappa shape index (κ3) is 6.59. The molecule has 10 heteroatoms. The number of methoxy groups -OCH3 is 1. The predicted octanol–water partition coefficient (Wildman–Crippen LogP) is 3.61. The second kappa shape index (κ2) is 9.63. The molecule has 0 spiro atoms. The molecular formula is C18H23F3N4O2S. The third-order valence-electron chi connectivity index (χ3n) is 3.71. The van der Waals surface area contributed by atoms with Gasteiger partial charge >= 0.3 is 6.18 Å². The molecule has 1 aromatic heterocycles. The first-order chi connectivity index (χ1) is 13.2. The Morgan fingerprint density at radius 2 is 2.07 bits per heavy atom. The van der Waals surface area contributed by atoms with Crippen LogP contribution in [0, 0.1) is 6.92 Å². The average Bonchev–Trinajstić information content (AvgIpc) is 3.04. The lowest BCUT2D eigenvalue weighted by atomic mass is 10.2. The lowest BCUT2D eigenvalue weighted by Gasteiger charge is -2.21. The van der Waals surface area contributed by atoms with Crippen LogP contribution in [0.25, 0.3) is 0 Å². The van der Waals surface area contributed by atoms with Crippen LogP contribution in [-0.2, 0) is 13.1 Å². The van der Waals surface area contributed by atoms with E-state index in [1.807, 2.05) is 24.3 Å². The second-order valence-corrected chi connectivity index (χ2v) is 7.07. The number of thiazole rings is 1. The Bertz CT molecular complexity index is 808. The highest BCUT2D eigenvalue weighted by Gasteiger charge is 2.29. The lowest BCUT2D eigenvalue weighted by Crippen LogP contribution is -2.38. The Labute approximate surface area is 166 Å². The van der Waals surface area contributed by atoms with Gasteiger partial charge in [-0.15, -0.1) is 11.3 Å². The number of rotatable bonds is 7. The number of nitrogens with zero attached hydrogens (tertiary/aromatic N) is 3. The van der Waals surface area contributed by atoms with Crippen molar-refractivity contribution in [1.29, 1.82) is 0 Å². The summed E-state index contributed by atoms with van der Waals surface area (Å²) >= 11 is 1.59. The van der Waals surface area contributed by atoms with Gasteiger partial charge in [0.1, 0.15) is 0 Å². The molecule has 0 bridgehead atoms. The molecule has 6 nitrogen and oxygen atoms in total. The molecule has 0 aliphatic rings. The summed E-state index contributed by atoms with van der Waals surface area (Å²) in [6, 6.07) is 4.78. The summed E-state index contributed by atoms with van der Waals surface area (Å²) in [5, 5.41) is 6.22. The van der Waals surface area contributed by atoms with Crippen molar-refractivity contribution < 1.29 is 22.6 Å². The van der Waals surface area contributed by atoms with E-state index in [2.05, 4.69) is 15.3 Å². The number of benzene rings is 1. The van der Waals surface area contributed by atoms with Crippen LogP contribution in [0.2, 0.25) is 0 Å². The highest BCUT2D eigenvalue weighted by molar-refractivity contribution is 7.09. The predicted molar refractivity (Wildman–Crippen MR) is 103 cm³/mol. The van der Waals surface area contributed by atoms with E-state index in [-0.39, 0.29) is 11.5 Å². The van der Waals surface area contributed by atoms with Gasteiger partial charge in [-0.25, -0.2) is 4.98 Å². The third-order valence-corrected chi connectivity index (χ3v) is 4.53. The zero-order chi connectivity index (χ0) is 20.7. The maximum Gasteiger partial charge on any atom is 0.422 e. The maximum atomic E-state index is 12.3. The van der Waals surface area contributed by atoms with E-state index in [1.165, 1.54) is 13.2 Å². The largest absolute Gasteiger partial charge is 0.493 e. The highest BCUT2D eigenvalue weighted by atomic mass is 32.1. The smallest absolute Gasteiger partial charge is 0.422 e. The molecule has 0 atom stereocenters. The number of guanidine groups is 1. The van der Waals surface area contributed by atoms with Crippen molar-refractivity contribution in [2.75, 3.05) is 27.8 Å². The summed E-state index contributed by atoms with van der Waals surface area (Å²) in [6.45, 7) is 1.62. The summed E-state index contributed by atoms with van der Waals surface area (Å²) in [7, 11) is 4.97. The van der Waals surface area contributed by atoms with Gasteiger partial charge in [0.2, 0.25) is 0 Å². The second-order valence-electron chi connectivity index (χ2n) is 6.00. The Kier molecular flexibility index (Phi) is 7.50. The number of aryl methyl sites for hydroxylation is 1. The van der Waals surface area contributed by atoms with Crippen molar-refractivity contribution in [2.24, 2.45) is 4.99 Å². The molecule has 1 aromatic carbocycles. The summed E-state index contributed by atoms with van der Waals surface area (Å²) in [5.74, 6) is 0.954. The van der Waals surface area contributed by atoms with Gasteiger partial charge in [-0.3, -0.25) is 4.99 Å². The van der Waals surface area contributed by atoms with Crippen LogP contribution in [0.1, 0.15) is 16.3 Å². The molecule has 0 saturated heterocycles. The number of hydrogen-bond acceptors (Lipinski definition) is 5. The topological polar surface area (TPSA) is 59.0 Å².